The molecule has 0 radical (unpaired) electrons. The molecule has 1 nitrogen and oxygen atoms in total. The van der Waals surface area contributed by atoms with E-state index in [1.165, 1.54) is 51.4 Å². The van der Waals surface area contributed by atoms with E-state index in [9.17, 15) is 0 Å². The molecule has 1 saturated carbocycles. The van der Waals surface area contributed by atoms with Crippen LogP contribution >= 0.6 is 0 Å². The Balaban J connectivity index is 2.50. The van der Waals surface area contributed by atoms with Gasteiger partial charge in [0, 0.05) is 6.04 Å². The summed E-state index contributed by atoms with van der Waals surface area (Å²) in [4.78, 5) is 0. The van der Waals surface area contributed by atoms with E-state index in [-0.39, 0.29) is 0 Å². The van der Waals surface area contributed by atoms with Gasteiger partial charge >= 0.3 is 0 Å². The average Bonchev–Trinajstić information content (AvgIpc) is 2.73. The smallest absolute Gasteiger partial charge is 0.0121 e. The quantitative estimate of drug-likeness (QED) is 0.671. The fourth-order valence-corrected chi connectivity index (χ4v) is 3.42. The molecule has 1 N–H and O–H groups in total. The van der Waals surface area contributed by atoms with Gasteiger partial charge in [0.2, 0.25) is 0 Å². The highest BCUT2D eigenvalue weighted by Gasteiger charge is 2.29. The molecule has 1 fully saturated rings. The first-order valence-corrected chi connectivity index (χ1v) is 7.00. The summed E-state index contributed by atoms with van der Waals surface area (Å²) in [6.45, 7) is 4.65. The first-order valence-electron chi connectivity index (χ1n) is 7.00. The summed E-state index contributed by atoms with van der Waals surface area (Å²) < 4.78 is 0. The lowest BCUT2D eigenvalue weighted by atomic mass is 9.82. The summed E-state index contributed by atoms with van der Waals surface area (Å²) >= 11 is 0. The lowest BCUT2D eigenvalue weighted by Crippen LogP contribution is -2.39. The minimum Gasteiger partial charge on any atom is -0.316 e. The van der Waals surface area contributed by atoms with E-state index in [2.05, 4.69) is 26.2 Å². The Morgan fingerprint density at radius 1 is 1.07 bits per heavy atom. The molecule has 1 unspecified atom stereocenters. The fraction of sp³-hybridized carbons (Fsp3) is 1.00. The van der Waals surface area contributed by atoms with Crippen LogP contribution in [0, 0.1) is 11.8 Å². The van der Waals surface area contributed by atoms with Crippen LogP contribution in [-0.4, -0.2) is 13.1 Å². The van der Waals surface area contributed by atoms with Crippen molar-refractivity contribution in [1.82, 2.24) is 5.32 Å². The van der Waals surface area contributed by atoms with Crippen molar-refractivity contribution in [2.45, 2.75) is 71.3 Å². The Morgan fingerprint density at radius 3 is 2.00 bits per heavy atom. The van der Waals surface area contributed by atoms with E-state index in [0.717, 1.165) is 17.9 Å². The molecule has 0 bridgehead atoms. The van der Waals surface area contributed by atoms with Crippen molar-refractivity contribution in [3.8, 4) is 0 Å². The maximum atomic E-state index is 3.61. The van der Waals surface area contributed by atoms with Crippen molar-refractivity contribution in [3.63, 3.8) is 0 Å². The number of hydrogen-bond acceptors (Lipinski definition) is 1. The second-order valence-corrected chi connectivity index (χ2v) is 5.20. The highest BCUT2D eigenvalue weighted by molar-refractivity contribution is 4.84. The molecule has 0 saturated heterocycles. The van der Waals surface area contributed by atoms with Crippen molar-refractivity contribution in [1.29, 1.82) is 0 Å². The van der Waals surface area contributed by atoms with Crippen LogP contribution in [0.1, 0.15) is 65.2 Å². The fourth-order valence-electron chi connectivity index (χ4n) is 3.42. The third-order valence-corrected chi connectivity index (χ3v) is 4.07. The molecule has 0 aromatic rings. The molecule has 0 aliphatic heterocycles. The first-order chi connectivity index (χ1) is 7.33. The molecule has 1 aliphatic carbocycles. The van der Waals surface area contributed by atoms with Crippen molar-refractivity contribution in [2.24, 2.45) is 11.8 Å². The molecule has 0 aromatic carbocycles. The largest absolute Gasteiger partial charge is 0.316 e. The van der Waals surface area contributed by atoms with Gasteiger partial charge < -0.3 is 5.32 Å². The lowest BCUT2D eigenvalue weighted by molar-refractivity contribution is 0.244. The summed E-state index contributed by atoms with van der Waals surface area (Å²) in [5.74, 6) is 1.89. The summed E-state index contributed by atoms with van der Waals surface area (Å²) in [7, 11) is 2.17. The minimum atomic E-state index is 0.799. The van der Waals surface area contributed by atoms with Gasteiger partial charge in [-0.05, 0) is 44.6 Å². The zero-order chi connectivity index (χ0) is 11.1. The summed E-state index contributed by atoms with van der Waals surface area (Å²) in [5, 5.41) is 3.61. The maximum Gasteiger partial charge on any atom is 0.0121 e. The van der Waals surface area contributed by atoms with E-state index in [1.54, 1.807) is 0 Å². The Bertz CT molecular complexity index is 143. The van der Waals surface area contributed by atoms with Crippen LogP contribution < -0.4 is 5.32 Å². The highest BCUT2D eigenvalue weighted by Crippen LogP contribution is 2.33. The van der Waals surface area contributed by atoms with Gasteiger partial charge in [0.25, 0.3) is 0 Å². The van der Waals surface area contributed by atoms with E-state index in [4.69, 9.17) is 0 Å². The van der Waals surface area contributed by atoms with Gasteiger partial charge in [0.05, 0.1) is 0 Å². The van der Waals surface area contributed by atoms with Crippen molar-refractivity contribution in [3.05, 3.63) is 0 Å². The van der Waals surface area contributed by atoms with Crippen LogP contribution in [0.5, 0.6) is 0 Å². The van der Waals surface area contributed by atoms with Crippen LogP contribution in [0.3, 0.4) is 0 Å². The van der Waals surface area contributed by atoms with Gasteiger partial charge in [-0.25, -0.2) is 0 Å². The first kappa shape index (κ1) is 13.0. The van der Waals surface area contributed by atoms with Crippen molar-refractivity contribution < 1.29 is 0 Å². The third-order valence-electron chi connectivity index (χ3n) is 4.07. The number of hydrogen-bond donors (Lipinski definition) is 1. The zero-order valence-electron chi connectivity index (χ0n) is 10.9. The highest BCUT2D eigenvalue weighted by atomic mass is 14.9. The molecule has 15 heavy (non-hydrogen) atoms. The maximum absolute atomic E-state index is 3.61. The lowest BCUT2D eigenvalue weighted by Gasteiger charge is -2.31. The van der Waals surface area contributed by atoms with E-state index in [1.807, 2.05) is 0 Å². The summed E-state index contributed by atoms with van der Waals surface area (Å²) in [6, 6.07) is 0.799. The molecule has 0 amide bonds. The second kappa shape index (κ2) is 7.27. The Hall–Kier alpha value is -0.0400. The van der Waals surface area contributed by atoms with Gasteiger partial charge in [0.15, 0.2) is 0 Å². The normalized spacial score (nSPS) is 20.0. The molecule has 1 heteroatoms. The van der Waals surface area contributed by atoms with Gasteiger partial charge in [-0.15, -0.1) is 0 Å². The molecule has 0 heterocycles. The minimum absolute atomic E-state index is 0.799. The van der Waals surface area contributed by atoms with Crippen LogP contribution in [-0.2, 0) is 0 Å². The van der Waals surface area contributed by atoms with E-state index < -0.39 is 0 Å². The molecule has 1 aliphatic rings. The summed E-state index contributed by atoms with van der Waals surface area (Å²) in [6.07, 6.45) is 11.4. The number of rotatable bonds is 7. The third kappa shape index (κ3) is 3.79. The van der Waals surface area contributed by atoms with Gasteiger partial charge in [0.1, 0.15) is 0 Å². The Morgan fingerprint density at radius 2 is 1.60 bits per heavy atom. The van der Waals surface area contributed by atoms with Gasteiger partial charge in [-0.2, -0.15) is 0 Å². The predicted octanol–water partition coefficient (Wildman–Crippen LogP) is 3.98. The van der Waals surface area contributed by atoms with E-state index in [0.29, 0.717) is 0 Å². The molecule has 1 rings (SSSR count). The van der Waals surface area contributed by atoms with Crippen LogP contribution in [0.15, 0.2) is 0 Å². The van der Waals surface area contributed by atoms with Gasteiger partial charge in [-0.1, -0.05) is 39.5 Å². The molecule has 1 atom stereocenters. The standard InChI is InChI=1S/C14H29N/c1-4-8-12(9-5-2)14(15-3)13-10-6-7-11-13/h12-15H,4-11H2,1-3H3. The SMILES string of the molecule is CCCC(CCC)C(NC)C1CCCC1. The van der Waals surface area contributed by atoms with Crippen LogP contribution in [0.4, 0.5) is 0 Å². The number of nitrogens with one attached hydrogen (secondary N) is 1. The topological polar surface area (TPSA) is 12.0 Å². The molecular formula is C14H29N. The zero-order valence-corrected chi connectivity index (χ0v) is 10.9. The Kier molecular flexibility index (Phi) is 6.31. The van der Waals surface area contributed by atoms with Gasteiger partial charge in [-0.3, -0.25) is 0 Å². The van der Waals surface area contributed by atoms with Crippen LogP contribution in [0.2, 0.25) is 0 Å². The second-order valence-electron chi connectivity index (χ2n) is 5.20. The van der Waals surface area contributed by atoms with E-state index >= 15 is 0 Å². The molecule has 0 spiro atoms. The Labute approximate surface area is 96.0 Å². The van der Waals surface area contributed by atoms with Crippen molar-refractivity contribution >= 4 is 0 Å². The molecule has 0 aromatic heterocycles. The molecular weight excluding hydrogens is 182 g/mol. The summed E-state index contributed by atoms with van der Waals surface area (Å²) in [5.41, 5.74) is 0. The average molecular weight is 211 g/mol. The predicted molar refractivity (Wildman–Crippen MR) is 68.1 cm³/mol. The monoisotopic (exact) mass is 211 g/mol. The molecule has 90 valence electrons. The van der Waals surface area contributed by atoms with Crippen molar-refractivity contribution in [2.75, 3.05) is 7.05 Å². The van der Waals surface area contributed by atoms with Crippen LogP contribution in [0.25, 0.3) is 0 Å².